The molecule has 0 aromatic carbocycles. The molecule has 4 heteroatoms. The zero-order chi connectivity index (χ0) is 11.4. The standard InChI is InChI=1S/C12H16ClNOS/c13-12-2-1-11(16-12)8-10(15)7-9-3-5-14-6-4-9/h1-2,9,14H,3-8H2. The quantitative estimate of drug-likeness (QED) is 0.899. The van der Waals surface area contributed by atoms with Crippen LogP contribution in [0.5, 0.6) is 0 Å². The van der Waals surface area contributed by atoms with Crippen molar-refractivity contribution in [2.75, 3.05) is 13.1 Å². The van der Waals surface area contributed by atoms with E-state index < -0.39 is 0 Å². The zero-order valence-electron chi connectivity index (χ0n) is 9.17. The number of thiophene rings is 1. The van der Waals surface area contributed by atoms with Crippen LogP contribution < -0.4 is 5.32 Å². The van der Waals surface area contributed by atoms with Crippen molar-refractivity contribution in [3.8, 4) is 0 Å². The first-order valence-electron chi connectivity index (χ1n) is 5.70. The third kappa shape index (κ3) is 3.58. The van der Waals surface area contributed by atoms with E-state index in [1.54, 1.807) is 0 Å². The van der Waals surface area contributed by atoms with Gasteiger partial charge in [-0.3, -0.25) is 4.79 Å². The molecule has 0 amide bonds. The van der Waals surface area contributed by atoms with E-state index in [0.29, 0.717) is 18.1 Å². The van der Waals surface area contributed by atoms with Crippen LogP contribution in [0.1, 0.15) is 24.1 Å². The summed E-state index contributed by atoms with van der Waals surface area (Å²) in [5.74, 6) is 0.939. The summed E-state index contributed by atoms with van der Waals surface area (Å²) in [7, 11) is 0. The highest BCUT2D eigenvalue weighted by atomic mass is 35.5. The van der Waals surface area contributed by atoms with Crippen LogP contribution >= 0.6 is 22.9 Å². The maximum Gasteiger partial charge on any atom is 0.138 e. The molecule has 0 radical (unpaired) electrons. The van der Waals surface area contributed by atoms with Gasteiger partial charge in [0.25, 0.3) is 0 Å². The molecule has 2 rings (SSSR count). The van der Waals surface area contributed by atoms with Crippen molar-refractivity contribution in [1.29, 1.82) is 0 Å². The summed E-state index contributed by atoms with van der Waals surface area (Å²) in [4.78, 5) is 12.9. The highest BCUT2D eigenvalue weighted by Gasteiger charge is 2.17. The molecule has 2 nitrogen and oxygen atoms in total. The number of carbonyl (C=O) groups excluding carboxylic acids is 1. The van der Waals surface area contributed by atoms with Crippen LogP contribution in [0.2, 0.25) is 4.34 Å². The van der Waals surface area contributed by atoms with Crippen LogP contribution in [-0.2, 0) is 11.2 Å². The minimum absolute atomic E-state index is 0.352. The van der Waals surface area contributed by atoms with E-state index in [4.69, 9.17) is 11.6 Å². The van der Waals surface area contributed by atoms with Gasteiger partial charge in [-0.25, -0.2) is 0 Å². The highest BCUT2D eigenvalue weighted by Crippen LogP contribution is 2.23. The van der Waals surface area contributed by atoms with Gasteiger partial charge in [-0.1, -0.05) is 11.6 Å². The molecule has 2 heterocycles. The van der Waals surface area contributed by atoms with Gasteiger partial charge in [-0.05, 0) is 44.0 Å². The van der Waals surface area contributed by atoms with E-state index in [1.807, 2.05) is 12.1 Å². The monoisotopic (exact) mass is 257 g/mol. The van der Waals surface area contributed by atoms with Crippen molar-refractivity contribution in [2.24, 2.45) is 5.92 Å². The van der Waals surface area contributed by atoms with Crippen LogP contribution in [-0.4, -0.2) is 18.9 Å². The fourth-order valence-corrected chi connectivity index (χ4v) is 3.24. The number of piperidine rings is 1. The average molecular weight is 258 g/mol. The fourth-order valence-electron chi connectivity index (χ4n) is 2.12. The Kier molecular flexibility index (Phi) is 4.38. The molecule has 1 N–H and O–H groups in total. The summed E-state index contributed by atoms with van der Waals surface area (Å²) >= 11 is 7.35. The summed E-state index contributed by atoms with van der Waals surface area (Å²) in [5, 5.41) is 3.31. The molecule has 0 spiro atoms. The molecule has 0 saturated carbocycles. The normalized spacial score (nSPS) is 17.6. The minimum atomic E-state index is 0.352. The summed E-state index contributed by atoms with van der Waals surface area (Å²) in [6.07, 6.45) is 3.56. The van der Waals surface area contributed by atoms with Crippen molar-refractivity contribution in [2.45, 2.75) is 25.7 Å². The second-order valence-electron chi connectivity index (χ2n) is 4.32. The molecule has 1 saturated heterocycles. The Morgan fingerprint density at radius 3 is 2.81 bits per heavy atom. The maximum atomic E-state index is 11.8. The number of carbonyl (C=O) groups is 1. The summed E-state index contributed by atoms with van der Waals surface area (Å²) in [6.45, 7) is 2.12. The summed E-state index contributed by atoms with van der Waals surface area (Å²) < 4.78 is 0.768. The minimum Gasteiger partial charge on any atom is -0.317 e. The Balaban J connectivity index is 1.79. The first kappa shape index (κ1) is 12.1. The first-order valence-corrected chi connectivity index (χ1v) is 6.90. The Hall–Kier alpha value is -0.380. The summed E-state index contributed by atoms with van der Waals surface area (Å²) in [6, 6.07) is 3.81. The summed E-state index contributed by atoms with van der Waals surface area (Å²) in [5.41, 5.74) is 0. The lowest BCUT2D eigenvalue weighted by Crippen LogP contribution is -2.29. The molecular weight excluding hydrogens is 242 g/mol. The van der Waals surface area contributed by atoms with Gasteiger partial charge in [0.2, 0.25) is 0 Å². The SMILES string of the molecule is O=C(Cc1ccc(Cl)s1)CC1CCNCC1. The van der Waals surface area contributed by atoms with Crippen molar-refractivity contribution < 1.29 is 4.79 Å². The molecule has 1 aromatic rings. The van der Waals surface area contributed by atoms with E-state index in [2.05, 4.69) is 5.32 Å². The Morgan fingerprint density at radius 1 is 1.44 bits per heavy atom. The highest BCUT2D eigenvalue weighted by molar-refractivity contribution is 7.16. The molecule has 1 aliphatic heterocycles. The number of Topliss-reactive ketones (excluding diaryl/α,β-unsaturated/α-hetero) is 1. The van der Waals surface area contributed by atoms with Crippen molar-refractivity contribution >= 4 is 28.7 Å². The van der Waals surface area contributed by atoms with Crippen molar-refractivity contribution in [3.63, 3.8) is 0 Å². The van der Waals surface area contributed by atoms with Gasteiger partial charge in [0.1, 0.15) is 5.78 Å². The molecule has 1 aromatic heterocycles. The van der Waals surface area contributed by atoms with Gasteiger partial charge >= 0.3 is 0 Å². The van der Waals surface area contributed by atoms with Gasteiger partial charge in [0, 0.05) is 17.7 Å². The van der Waals surface area contributed by atoms with E-state index >= 15 is 0 Å². The first-order chi connectivity index (χ1) is 7.74. The molecular formula is C12H16ClNOS. The van der Waals surface area contributed by atoms with Gasteiger partial charge in [-0.15, -0.1) is 11.3 Å². The molecule has 16 heavy (non-hydrogen) atoms. The lowest BCUT2D eigenvalue weighted by Gasteiger charge is -2.21. The number of rotatable bonds is 4. The Bertz CT molecular complexity index is 358. The average Bonchev–Trinajstić information content (AvgIpc) is 2.65. The Morgan fingerprint density at radius 2 is 2.19 bits per heavy atom. The van der Waals surface area contributed by atoms with E-state index in [0.717, 1.165) is 41.6 Å². The van der Waals surface area contributed by atoms with Crippen molar-refractivity contribution in [1.82, 2.24) is 5.32 Å². The van der Waals surface area contributed by atoms with E-state index in [-0.39, 0.29) is 0 Å². The smallest absolute Gasteiger partial charge is 0.138 e. The molecule has 88 valence electrons. The third-order valence-corrected chi connectivity index (χ3v) is 4.21. The molecule has 0 atom stereocenters. The second kappa shape index (κ2) is 5.80. The van der Waals surface area contributed by atoms with Crippen LogP contribution in [0.15, 0.2) is 12.1 Å². The predicted molar refractivity (Wildman–Crippen MR) is 68.3 cm³/mol. The lowest BCUT2D eigenvalue weighted by molar-refractivity contribution is -0.119. The maximum absolute atomic E-state index is 11.8. The van der Waals surface area contributed by atoms with Crippen molar-refractivity contribution in [3.05, 3.63) is 21.3 Å². The molecule has 1 aliphatic rings. The predicted octanol–water partition coefficient (Wildman–Crippen LogP) is 2.90. The zero-order valence-corrected chi connectivity index (χ0v) is 10.7. The largest absolute Gasteiger partial charge is 0.317 e. The second-order valence-corrected chi connectivity index (χ2v) is 6.12. The van der Waals surface area contributed by atoms with Gasteiger partial charge in [0.05, 0.1) is 4.34 Å². The fraction of sp³-hybridized carbons (Fsp3) is 0.583. The van der Waals surface area contributed by atoms with Crippen LogP contribution in [0.3, 0.4) is 0 Å². The molecule has 0 bridgehead atoms. The number of nitrogens with one attached hydrogen (secondary N) is 1. The number of halogens is 1. The van der Waals surface area contributed by atoms with Crippen LogP contribution in [0.25, 0.3) is 0 Å². The number of hydrogen-bond acceptors (Lipinski definition) is 3. The van der Waals surface area contributed by atoms with Gasteiger partial charge < -0.3 is 5.32 Å². The molecule has 1 fully saturated rings. The number of hydrogen-bond donors (Lipinski definition) is 1. The Labute approximate surface area is 105 Å². The lowest BCUT2D eigenvalue weighted by atomic mass is 9.92. The van der Waals surface area contributed by atoms with Gasteiger partial charge in [-0.2, -0.15) is 0 Å². The topological polar surface area (TPSA) is 29.1 Å². The van der Waals surface area contributed by atoms with Gasteiger partial charge in [0.15, 0.2) is 0 Å². The number of ketones is 1. The molecule has 0 unspecified atom stereocenters. The van der Waals surface area contributed by atoms with E-state index in [9.17, 15) is 4.79 Å². The van der Waals surface area contributed by atoms with Crippen LogP contribution in [0, 0.1) is 5.92 Å². The van der Waals surface area contributed by atoms with Crippen LogP contribution in [0.4, 0.5) is 0 Å². The third-order valence-electron chi connectivity index (χ3n) is 2.98. The molecule has 0 aliphatic carbocycles. The van der Waals surface area contributed by atoms with E-state index in [1.165, 1.54) is 11.3 Å².